The zero-order chi connectivity index (χ0) is 18.0. The molecule has 0 radical (unpaired) electrons. The summed E-state index contributed by atoms with van der Waals surface area (Å²) >= 11 is 5.86. The molecule has 0 spiro atoms. The molecule has 0 saturated heterocycles. The lowest BCUT2D eigenvalue weighted by atomic mass is 9.99. The maximum Gasteiger partial charge on any atom is 0.343 e. The monoisotopic (exact) mass is 361 g/mol. The molecule has 1 amide bonds. The molecule has 0 unspecified atom stereocenters. The number of benzene rings is 2. The molecular formula is C19H17ClFNO3. The molecule has 2 aromatic rings. The number of ether oxygens (including phenoxy) is 1. The molecule has 0 N–H and O–H groups in total. The molecule has 1 aliphatic rings. The van der Waals surface area contributed by atoms with Gasteiger partial charge in [0.25, 0.3) is 5.91 Å². The molecule has 0 bridgehead atoms. The lowest BCUT2D eigenvalue weighted by molar-refractivity contribution is -0.140. The van der Waals surface area contributed by atoms with Gasteiger partial charge in [0.05, 0.1) is 5.02 Å². The quantitative estimate of drug-likeness (QED) is 0.785. The molecule has 1 atom stereocenters. The van der Waals surface area contributed by atoms with Crippen LogP contribution in [0.5, 0.6) is 0 Å². The van der Waals surface area contributed by atoms with Crippen molar-refractivity contribution in [2.75, 3.05) is 6.54 Å². The van der Waals surface area contributed by atoms with Gasteiger partial charge in [-0.25, -0.2) is 9.18 Å². The largest absolute Gasteiger partial charge is 0.449 e. The van der Waals surface area contributed by atoms with Gasteiger partial charge in [-0.1, -0.05) is 41.9 Å². The molecule has 0 saturated carbocycles. The molecule has 1 heterocycles. The zero-order valence-corrected chi connectivity index (χ0v) is 14.4. The summed E-state index contributed by atoms with van der Waals surface area (Å²) in [6.45, 7) is 2.50. The smallest absolute Gasteiger partial charge is 0.343 e. The molecule has 3 rings (SSSR count). The Balaban J connectivity index is 1.68. The van der Waals surface area contributed by atoms with Crippen LogP contribution in [0.25, 0.3) is 0 Å². The Morgan fingerprint density at radius 1 is 1.16 bits per heavy atom. The highest BCUT2D eigenvalue weighted by molar-refractivity contribution is 6.33. The standard InChI is InChI=1S/C19H17ClFNO3/c1-12(25-19(24)17-15(20)7-4-8-16(17)21)18(23)22-10-9-13-5-2-3-6-14(13)11-22/h2-8,12H,9-11H2,1H3/t12-/m1/s1. The summed E-state index contributed by atoms with van der Waals surface area (Å²) in [4.78, 5) is 26.4. The van der Waals surface area contributed by atoms with Gasteiger partial charge in [0, 0.05) is 13.1 Å². The van der Waals surface area contributed by atoms with Gasteiger partial charge >= 0.3 is 5.97 Å². The topological polar surface area (TPSA) is 46.6 Å². The molecule has 2 aromatic carbocycles. The maximum atomic E-state index is 13.8. The van der Waals surface area contributed by atoms with E-state index < -0.39 is 17.9 Å². The van der Waals surface area contributed by atoms with Crippen LogP contribution >= 0.6 is 11.6 Å². The number of rotatable bonds is 3. The predicted molar refractivity (Wildman–Crippen MR) is 91.9 cm³/mol. The summed E-state index contributed by atoms with van der Waals surface area (Å²) in [6, 6.07) is 11.8. The first-order valence-electron chi connectivity index (χ1n) is 7.98. The number of carbonyl (C=O) groups is 2. The van der Waals surface area contributed by atoms with Crippen LogP contribution in [0.1, 0.15) is 28.4 Å². The Labute approximate surface area is 150 Å². The Morgan fingerprint density at radius 3 is 2.60 bits per heavy atom. The second-order valence-corrected chi connectivity index (χ2v) is 6.33. The normalized spacial score (nSPS) is 14.6. The van der Waals surface area contributed by atoms with E-state index in [1.165, 1.54) is 24.6 Å². The molecular weight excluding hydrogens is 345 g/mol. The SMILES string of the molecule is C[C@@H](OC(=O)c1c(F)cccc1Cl)C(=O)N1CCc2ccccc2C1. The van der Waals surface area contributed by atoms with Crippen molar-refractivity contribution in [1.82, 2.24) is 4.90 Å². The van der Waals surface area contributed by atoms with Crippen LogP contribution in [0.4, 0.5) is 4.39 Å². The third-order valence-corrected chi connectivity index (χ3v) is 4.56. The highest BCUT2D eigenvalue weighted by Gasteiger charge is 2.28. The minimum absolute atomic E-state index is 0.0449. The minimum Gasteiger partial charge on any atom is -0.449 e. The number of fused-ring (bicyclic) bond motifs is 1. The molecule has 0 fully saturated rings. The van der Waals surface area contributed by atoms with E-state index in [9.17, 15) is 14.0 Å². The first-order chi connectivity index (χ1) is 12.0. The van der Waals surface area contributed by atoms with Crippen molar-refractivity contribution >= 4 is 23.5 Å². The molecule has 0 aromatic heterocycles. The molecule has 130 valence electrons. The summed E-state index contributed by atoms with van der Waals surface area (Å²) in [6.07, 6.45) is -0.268. The van der Waals surface area contributed by atoms with Gasteiger partial charge in [-0.15, -0.1) is 0 Å². The van der Waals surface area contributed by atoms with Gasteiger partial charge in [-0.2, -0.15) is 0 Å². The van der Waals surface area contributed by atoms with Crippen molar-refractivity contribution in [2.45, 2.75) is 26.0 Å². The van der Waals surface area contributed by atoms with E-state index in [0.717, 1.165) is 18.1 Å². The number of carbonyl (C=O) groups excluding carboxylic acids is 2. The third-order valence-electron chi connectivity index (χ3n) is 4.24. The fourth-order valence-corrected chi connectivity index (χ4v) is 3.14. The van der Waals surface area contributed by atoms with Crippen LogP contribution in [0.3, 0.4) is 0 Å². The van der Waals surface area contributed by atoms with Crippen LogP contribution in [0.15, 0.2) is 42.5 Å². The molecule has 25 heavy (non-hydrogen) atoms. The van der Waals surface area contributed by atoms with E-state index in [-0.39, 0.29) is 16.5 Å². The van der Waals surface area contributed by atoms with E-state index in [2.05, 4.69) is 0 Å². The van der Waals surface area contributed by atoms with Crippen molar-refractivity contribution < 1.29 is 18.7 Å². The fraction of sp³-hybridized carbons (Fsp3) is 0.263. The number of amides is 1. The first-order valence-corrected chi connectivity index (χ1v) is 8.35. The van der Waals surface area contributed by atoms with Crippen LogP contribution in [-0.2, 0) is 22.5 Å². The lowest BCUT2D eigenvalue weighted by Crippen LogP contribution is -2.42. The van der Waals surface area contributed by atoms with Crippen molar-refractivity contribution in [3.8, 4) is 0 Å². The van der Waals surface area contributed by atoms with Gasteiger partial charge in [0.2, 0.25) is 0 Å². The molecule has 1 aliphatic heterocycles. The van der Waals surface area contributed by atoms with Crippen LogP contribution in [-0.4, -0.2) is 29.4 Å². The predicted octanol–water partition coefficient (Wildman–Crippen LogP) is 3.61. The van der Waals surface area contributed by atoms with Gasteiger partial charge in [0.1, 0.15) is 11.4 Å². The van der Waals surface area contributed by atoms with Crippen LogP contribution in [0.2, 0.25) is 5.02 Å². The second-order valence-electron chi connectivity index (χ2n) is 5.92. The Kier molecular flexibility index (Phi) is 5.04. The van der Waals surface area contributed by atoms with E-state index in [1.807, 2.05) is 24.3 Å². The van der Waals surface area contributed by atoms with Crippen molar-refractivity contribution in [2.24, 2.45) is 0 Å². The van der Waals surface area contributed by atoms with Gasteiger partial charge in [-0.3, -0.25) is 4.79 Å². The number of esters is 1. The Hall–Kier alpha value is -2.40. The van der Waals surface area contributed by atoms with E-state index in [4.69, 9.17) is 16.3 Å². The maximum absolute atomic E-state index is 13.8. The van der Waals surface area contributed by atoms with Crippen LogP contribution < -0.4 is 0 Å². The summed E-state index contributed by atoms with van der Waals surface area (Å²) in [5, 5.41) is -0.0449. The van der Waals surface area contributed by atoms with Gasteiger partial charge in [-0.05, 0) is 36.6 Å². The minimum atomic E-state index is -1.02. The summed E-state index contributed by atoms with van der Waals surface area (Å²) in [5.74, 6) is -2.03. The van der Waals surface area contributed by atoms with E-state index in [1.54, 1.807) is 4.90 Å². The third kappa shape index (κ3) is 3.66. The van der Waals surface area contributed by atoms with E-state index >= 15 is 0 Å². The average molecular weight is 362 g/mol. The first kappa shape index (κ1) is 17.4. The van der Waals surface area contributed by atoms with Crippen molar-refractivity contribution in [1.29, 1.82) is 0 Å². The summed E-state index contributed by atoms with van der Waals surface area (Å²) in [7, 11) is 0. The summed E-state index contributed by atoms with van der Waals surface area (Å²) in [5.41, 5.74) is 1.94. The number of hydrogen-bond donors (Lipinski definition) is 0. The van der Waals surface area contributed by atoms with E-state index in [0.29, 0.717) is 13.1 Å². The van der Waals surface area contributed by atoms with Crippen molar-refractivity contribution in [3.05, 3.63) is 70.0 Å². The average Bonchev–Trinajstić information content (AvgIpc) is 2.60. The second kappa shape index (κ2) is 7.23. The van der Waals surface area contributed by atoms with Crippen LogP contribution in [0, 0.1) is 5.82 Å². The lowest BCUT2D eigenvalue weighted by Gasteiger charge is -2.30. The summed E-state index contributed by atoms with van der Waals surface area (Å²) < 4.78 is 18.9. The fourth-order valence-electron chi connectivity index (χ4n) is 2.90. The Morgan fingerprint density at radius 2 is 1.88 bits per heavy atom. The zero-order valence-electron chi connectivity index (χ0n) is 13.7. The number of nitrogens with zero attached hydrogens (tertiary/aromatic N) is 1. The van der Waals surface area contributed by atoms with Crippen molar-refractivity contribution in [3.63, 3.8) is 0 Å². The number of halogens is 2. The molecule has 4 nitrogen and oxygen atoms in total. The van der Waals surface area contributed by atoms with Gasteiger partial charge < -0.3 is 9.64 Å². The number of hydrogen-bond acceptors (Lipinski definition) is 3. The highest BCUT2D eigenvalue weighted by atomic mass is 35.5. The highest BCUT2D eigenvalue weighted by Crippen LogP contribution is 2.22. The molecule has 6 heteroatoms. The molecule has 0 aliphatic carbocycles. The Bertz CT molecular complexity index is 804. The van der Waals surface area contributed by atoms with Gasteiger partial charge in [0.15, 0.2) is 6.10 Å².